The van der Waals surface area contributed by atoms with E-state index in [1.165, 1.54) is 5.57 Å². The van der Waals surface area contributed by atoms with Gasteiger partial charge < -0.3 is 9.47 Å². The smallest absolute Gasteiger partial charge is 0.311 e. The SMILES string of the molecule is CC(C)=CCc1cc2c(cc1OCc1ccccn1)OC(=O)CC2. The lowest BCUT2D eigenvalue weighted by Crippen LogP contribution is -2.16. The van der Waals surface area contributed by atoms with Crippen LogP contribution in [0.3, 0.4) is 0 Å². The maximum atomic E-state index is 11.5. The molecule has 0 bridgehead atoms. The minimum atomic E-state index is -0.185. The minimum absolute atomic E-state index is 0.185. The molecule has 24 heavy (non-hydrogen) atoms. The number of pyridine rings is 1. The Morgan fingerprint density at radius 2 is 2.17 bits per heavy atom. The first-order chi connectivity index (χ1) is 11.6. The summed E-state index contributed by atoms with van der Waals surface area (Å²) in [4.78, 5) is 15.8. The Labute approximate surface area is 142 Å². The van der Waals surface area contributed by atoms with E-state index in [4.69, 9.17) is 9.47 Å². The standard InChI is InChI=1S/C20H21NO3/c1-14(2)6-7-15-11-16-8-9-20(22)24-19(16)12-18(15)23-13-17-5-3-4-10-21-17/h3-6,10-12H,7-9,13H2,1-2H3. The number of nitrogens with zero attached hydrogens (tertiary/aromatic N) is 1. The van der Waals surface area contributed by atoms with Gasteiger partial charge in [-0.25, -0.2) is 0 Å². The fourth-order valence-corrected chi connectivity index (χ4v) is 2.60. The summed E-state index contributed by atoms with van der Waals surface area (Å²) >= 11 is 0. The Hall–Kier alpha value is -2.62. The molecule has 1 aliphatic rings. The van der Waals surface area contributed by atoms with Gasteiger partial charge in [0.25, 0.3) is 0 Å². The number of carbonyl (C=O) groups excluding carboxylic acids is 1. The molecule has 3 rings (SSSR count). The molecule has 0 unspecified atom stereocenters. The highest BCUT2D eigenvalue weighted by atomic mass is 16.5. The van der Waals surface area contributed by atoms with Crippen molar-refractivity contribution in [3.63, 3.8) is 0 Å². The molecule has 1 aromatic heterocycles. The normalized spacial score (nSPS) is 13.0. The molecule has 1 aromatic carbocycles. The van der Waals surface area contributed by atoms with Gasteiger partial charge >= 0.3 is 5.97 Å². The Balaban J connectivity index is 1.87. The minimum Gasteiger partial charge on any atom is -0.487 e. The van der Waals surface area contributed by atoms with Crippen molar-refractivity contribution in [2.75, 3.05) is 0 Å². The summed E-state index contributed by atoms with van der Waals surface area (Å²) in [6.45, 7) is 4.54. The fourth-order valence-electron chi connectivity index (χ4n) is 2.60. The van der Waals surface area contributed by atoms with Crippen molar-refractivity contribution in [1.29, 1.82) is 0 Å². The van der Waals surface area contributed by atoms with Crippen LogP contribution < -0.4 is 9.47 Å². The van der Waals surface area contributed by atoms with E-state index in [0.29, 0.717) is 18.8 Å². The Kier molecular flexibility index (Phi) is 4.94. The molecule has 0 radical (unpaired) electrons. The number of aromatic nitrogens is 1. The van der Waals surface area contributed by atoms with Crippen LogP contribution in [0.4, 0.5) is 0 Å². The molecule has 2 heterocycles. The molecule has 4 nitrogen and oxygen atoms in total. The van der Waals surface area contributed by atoms with Crippen LogP contribution in [-0.4, -0.2) is 11.0 Å². The van der Waals surface area contributed by atoms with Crippen molar-refractivity contribution >= 4 is 5.97 Å². The second-order valence-corrected chi connectivity index (χ2v) is 6.14. The van der Waals surface area contributed by atoms with Crippen LogP contribution in [0.15, 0.2) is 48.2 Å². The molecule has 0 aliphatic carbocycles. The van der Waals surface area contributed by atoms with Gasteiger partial charge in [0.1, 0.15) is 18.1 Å². The van der Waals surface area contributed by atoms with Crippen LogP contribution >= 0.6 is 0 Å². The van der Waals surface area contributed by atoms with E-state index in [2.05, 4.69) is 31.0 Å². The van der Waals surface area contributed by atoms with E-state index in [0.717, 1.165) is 35.4 Å². The molecular weight excluding hydrogens is 302 g/mol. The van der Waals surface area contributed by atoms with Crippen LogP contribution in [0.1, 0.15) is 37.1 Å². The molecule has 1 aliphatic heterocycles. The number of carbonyl (C=O) groups is 1. The predicted octanol–water partition coefficient (Wildman–Crippen LogP) is 4.02. The zero-order valence-corrected chi connectivity index (χ0v) is 14.0. The first-order valence-corrected chi connectivity index (χ1v) is 8.14. The highest BCUT2D eigenvalue weighted by molar-refractivity contribution is 5.75. The van der Waals surface area contributed by atoms with Crippen molar-refractivity contribution in [2.45, 2.75) is 39.7 Å². The van der Waals surface area contributed by atoms with Gasteiger partial charge in [0, 0.05) is 12.3 Å². The summed E-state index contributed by atoms with van der Waals surface area (Å²) in [5.74, 6) is 1.17. The maximum Gasteiger partial charge on any atom is 0.311 e. The molecule has 4 heteroatoms. The van der Waals surface area contributed by atoms with E-state index < -0.39 is 0 Å². The fraction of sp³-hybridized carbons (Fsp3) is 0.300. The number of allylic oxidation sites excluding steroid dienone is 2. The zero-order chi connectivity index (χ0) is 16.9. The molecule has 0 saturated carbocycles. The second-order valence-electron chi connectivity index (χ2n) is 6.14. The van der Waals surface area contributed by atoms with Gasteiger partial charge in [-0.2, -0.15) is 0 Å². The number of hydrogen-bond acceptors (Lipinski definition) is 4. The molecule has 0 fully saturated rings. The van der Waals surface area contributed by atoms with Crippen molar-refractivity contribution < 1.29 is 14.3 Å². The number of fused-ring (bicyclic) bond motifs is 1. The van der Waals surface area contributed by atoms with E-state index in [1.807, 2.05) is 24.3 Å². The monoisotopic (exact) mass is 323 g/mol. The van der Waals surface area contributed by atoms with E-state index in [-0.39, 0.29) is 5.97 Å². The molecule has 0 spiro atoms. The van der Waals surface area contributed by atoms with Crippen LogP contribution in [0.5, 0.6) is 11.5 Å². The summed E-state index contributed by atoms with van der Waals surface area (Å²) in [7, 11) is 0. The third-order valence-electron chi connectivity index (χ3n) is 3.90. The number of aryl methyl sites for hydroxylation is 1. The molecule has 124 valence electrons. The highest BCUT2D eigenvalue weighted by Crippen LogP contribution is 2.34. The summed E-state index contributed by atoms with van der Waals surface area (Å²) in [6, 6.07) is 9.67. The van der Waals surface area contributed by atoms with Crippen LogP contribution in [0.25, 0.3) is 0 Å². The summed E-state index contributed by atoms with van der Waals surface area (Å²) in [5.41, 5.74) is 4.29. The summed E-state index contributed by atoms with van der Waals surface area (Å²) in [6.07, 6.45) is 5.86. The van der Waals surface area contributed by atoms with Gasteiger partial charge in [0.15, 0.2) is 0 Å². The molecule has 0 saturated heterocycles. The topological polar surface area (TPSA) is 48.4 Å². The van der Waals surface area contributed by atoms with Crippen molar-refractivity contribution in [2.24, 2.45) is 0 Å². The number of hydrogen-bond donors (Lipinski definition) is 0. The average Bonchev–Trinajstić information content (AvgIpc) is 2.58. The Bertz CT molecular complexity index is 762. The molecule has 2 aromatic rings. The molecule has 0 N–H and O–H groups in total. The van der Waals surface area contributed by atoms with Crippen molar-refractivity contribution in [1.82, 2.24) is 4.98 Å². The van der Waals surface area contributed by atoms with Gasteiger partial charge in [-0.1, -0.05) is 17.7 Å². The van der Waals surface area contributed by atoms with Gasteiger partial charge in [0.05, 0.1) is 12.1 Å². The number of esters is 1. The Morgan fingerprint density at radius 3 is 2.92 bits per heavy atom. The van der Waals surface area contributed by atoms with Crippen LogP contribution in [-0.2, 0) is 24.2 Å². The van der Waals surface area contributed by atoms with Crippen LogP contribution in [0.2, 0.25) is 0 Å². The predicted molar refractivity (Wildman–Crippen MR) is 92.1 cm³/mol. The van der Waals surface area contributed by atoms with E-state index >= 15 is 0 Å². The lowest BCUT2D eigenvalue weighted by molar-refractivity contribution is -0.135. The summed E-state index contributed by atoms with van der Waals surface area (Å²) < 4.78 is 11.3. The van der Waals surface area contributed by atoms with E-state index in [9.17, 15) is 4.79 Å². The lowest BCUT2D eigenvalue weighted by atomic mass is 10.00. The third kappa shape index (κ3) is 4.02. The molecule has 0 amide bonds. The van der Waals surface area contributed by atoms with Gasteiger partial charge in [-0.05, 0) is 56.0 Å². The van der Waals surface area contributed by atoms with E-state index in [1.54, 1.807) is 6.20 Å². The largest absolute Gasteiger partial charge is 0.487 e. The van der Waals surface area contributed by atoms with Crippen molar-refractivity contribution in [3.05, 3.63) is 65.0 Å². The average molecular weight is 323 g/mol. The third-order valence-corrected chi connectivity index (χ3v) is 3.90. The number of benzene rings is 1. The Morgan fingerprint density at radius 1 is 1.29 bits per heavy atom. The van der Waals surface area contributed by atoms with Gasteiger partial charge in [0.2, 0.25) is 0 Å². The second kappa shape index (κ2) is 7.30. The number of ether oxygens (including phenoxy) is 2. The quantitative estimate of drug-likeness (QED) is 0.474. The number of rotatable bonds is 5. The lowest BCUT2D eigenvalue weighted by Gasteiger charge is -2.19. The van der Waals surface area contributed by atoms with Gasteiger partial charge in [-0.15, -0.1) is 0 Å². The van der Waals surface area contributed by atoms with Gasteiger partial charge in [-0.3, -0.25) is 9.78 Å². The first-order valence-electron chi connectivity index (χ1n) is 8.14. The molecular formula is C20H21NO3. The zero-order valence-electron chi connectivity index (χ0n) is 14.0. The van der Waals surface area contributed by atoms with Crippen molar-refractivity contribution in [3.8, 4) is 11.5 Å². The molecule has 0 atom stereocenters. The maximum absolute atomic E-state index is 11.5. The van der Waals surface area contributed by atoms with Crippen LogP contribution in [0, 0.1) is 0 Å². The summed E-state index contributed by atoms with van der Waals surface area (Å²) in [5, 5.41) is 0. The highest BCUT2D eigenvalue weighted by Gasteiger charge is 2.20. The first kappa shape index (κ1) is 16.2.